The fraction of sp³-hybridized carbons (Fsp3) is 0.200. The van der Waals surface area contributed by atoms with Crippen molar-refractivity contribution < 1.29 is 0 Å². The SMILES string of the molecule is CC([Si])=Cc1cccc(Cl)c1C. The molecule has 0 heterocycles. The van der Waals surface area contributed by atoms with E-state index in [1.807, 2.05) is 32.0 Å². The topological polar surface area (TPSA) is 0 Å². The van der Waals surface area contributed by atoms with Crippen molar-refractivity contribution in [2.45, 2.75) is 13.8 Å². The molecule has 0 aliphatic rings. The highest BCUT2D eigenvalue weighted by molar-refractivity contribution is 6.31. The summed E-state index contributed by atoms with van der Waals surface area (Å²) >= 11 is 5.95. The molecule has 1 rings (SSSR count). The number of hydrogen-bond donors (Lipinski definition) is 0. The number of rotatable bonds is 1. The average Bonchev–Trinajstić information content (AvgIpc) is 1.98. The van der Waals surface area contributed by atoms with Crippen LogP contribution >= 0.6 is 11.6 Å². The van der Waals surface area contributed by atoms with Gasteiger partial charge in [0.1, 0.15) is 0 Å². The van der Waals surface area contributed by atoms with E-state index in [1.54, 1.807) is 0 Å². The van der Waals surface area contributed by atoms with Gasteiger partial charge in [-0.25, -0.2) is 0 Å². The van der Waals surface area contributed by atoms with E-state index in [2.05, 4.69) is 16.3 Å². The zero-order valence-electron chi connectivity index (χ0n) is 7.19. The predicted octanol–water partition coefficient (Wildman–Crippen LogP) is 3.18. The minimum atomic E-state index is 0.816. The molecular formula is C10H10ClSi. The molecule has 0 aliphatic carbocycles. The number of allylic oxidation sites excluding steroid dienone is 1. The summed E-state index contributed by atoms with van der Waals surface area (Å²) < 4.78 is 0. The van der Waals surface area contributed by atoms with Gasteiger partial charge in [-0.3, -0.25) is 0 Å². The van der Waals surface area contributed by atoms with Gasteiger partial charge in [0, 0.05) is 5.02 Å². The number of hydrogen-bond acceptors (Lipinski definition) is 0. The molecule has 0 nitrogen and oxygen atoms in total. The Morgan fingerprint density at radius 3 is 2.75 bits per heavy atom. The normalized spacial score (nSPS) is 11.8. The zero-order valence-corrected chi connectivity index (χ0v) is 8.94. The summed E-state index contributed by atoms with van der Waals surface area (Å²) in [7, 11) is 3.44. The number of halogens is 1. The summed E-state index contributed by atoms with van der Waals surface area (Å²) in [6, 6.07) is 5.90. The molecule has 0 fully saturated rings. The quantitative estimate of drug-likeness (QED) is 0.601. The van der Waals surface area contributed by atoms with Gasteiger partial charge >= 0.3 is 0 Å². The van der Waals surface area contributed by atoms with Crippen molar-refractivity contribution in [2.24, 2.45) is 0 Å². The molecule has 0 saturated heterocycles. The Labute approximate surface area is 81.7 Å². The fourth-order valence-electron chi connectivity index (χ4n) is 1.01. The third-order valence-electron chi connectivity index (χ3n) is 1.68. The molecule has 12 heavy (non-hydrogen) atoms. The van der Waals surface area contributed by atoms with Crippen LogP contribution < -0.4 is 0 Å². The Kier molecular flexibility index (Phi) is 3.12. The maximum absolute atomic E-state index is 5.95. The molecule has 1 aromatic rings. The van der Waals surface area contributed by atoms with Crippen LogP contribution in [0.25, 0.3) is 6.08 Å². The Bertz CT molecular complexity index is 312. The summed E-state index contributed by atoms with van der Waals surface area (Å²) in [6.07, 6.45) is 2.05. The van der Waals surface area contributed by atoms with Crippen LogP contribution in [-0.4, -0.2) is 10.2 Å². The second-order valence-corrected chi connectivity index (χ2v) is 3.98. The van der Waals surface area contributed by atoms with E-state index < -0.39 is 0 Å². The third kappa shape index (κ3) is 2.22. The summed E-state index contributed by atoms with van der Waals surface area (Å²) in [6.45, 7) is 4.01. The Hall–Kier alpha value is -0.533. The highest BCUT2D eigenvalue weighted by Gasteiger charge is 1.97. The molecule has 0 saturated carbocycles. The Morgan fingerprint density at radius 2 is 2.17 bits per heavy atom. The molecule has 0 aliphatic heterocycles. The molecule has 2 heteroatoms. The van der Waals surface area contributed by atoms with Gasteiger partial charge in [-0.2, -0.15) is 0 Å². The van der Waals surface area contributed by atoms with Crippen molar-refractivity contribution in [3.05, 3.63) is 39.5 Å². The van der Waals surface area contributed by atoms with Gasteiger partial charge in [-0.05, 0) is 31.0 Å². The van der Waals surface area contributed by atoms with Gasteiger partial charge in [0.2, 0.25) is 0 Å². The van der Waals surface area contributed by atoms with E-state index in [-0.39, 0.29) is 0 Å². The first-order valence-electron chi connectivity index (χ1n) is 3.76. The fourth-order valence-corrected chi connectivity index (χ4v) is 1.35. The average molecular weight is 194 g/mol. The lowest BCUT2D eigenvalue weighted by Gasteiger charge is -2.02. The standard InChI is InChI=1S/C10H10ClSi/c1-7(12)6-9-4-3-5-10(11)8(9)2/h3-6H,1-2H3. The van der Waals surface area contributed by atoms with Crippen LogP contribution in [0.4, 0.5) is 0 Å². The monoisotopic (exact) mass is 193 g/mol. The lowest BCUT2D eigenvalue weighted by atomic mass is 10.1. The van der Waals surface area contributed by atoms with Crippen molar-refractivity contribution in [3.63, 3.8) is 0 Å². The van der Waals surface area contributed by atoms with Crippen molar-refractivity contribution in [2.75, 3.05) is 0 Å². The van der Waals surface area contributed by atoms with Crippen molar-refractivity contribution >= 4 is 27.9 Å². The molecule has 0 unspecified atom stereocenters. The molecule has 61 valence electrons. The summed E-state index contributed by atoms with van der Waals surface area (Å²) in [5.41, 5.74) is 2.28. The minimum absolute atomic E-state index is 0.816. The summed E-state index contributed by atoms with van der Waals surface area (Å²) in [5.74, 6) is 0. The van der Waals surface area contributed by atoms with Gasteiger partial charge in [-0.15, -0.1) is 0 Å². The maximum Gasteiger partial charge on any atom is 0.0646 e. The molecule has 0 atom stereocenters. The van der Waals surface area contributed by atoms with Crippen LogP contribution in [-0.2, 0) is 0 Å². The van der Waals surface area contributed by atoms with Crippen LogP contribution in [0, 0.1) is 6.92 Å². The Balaban J connectivity index is 3.17. The van der Waals surface area contributed by atoms with Gasteiger partial charge in [0.05, 0.1) is 10.2 Å². The molecule has 0 N–H and O–H groups in total. The van der Waals surface area contributed by atoms with Gasteiger partial charge in [0.25, 0.3) is 0 Å². The second-order valence-electron chi connectivity index (χ2n) is 2.78. The lowest BCUT2D eigenvalue weighted by molar-refractivity contribution is 1.44. The highest BCUT2D eigenvalue weighted by atomic mass is 35.5. The van der Waals surface area contributed by atoms with Gasteiger partial charge in [0.15, 0.2) is 0 Å². The van der Waals surface area contributed by atoms with E-state index in [9.17, 15) is 0 Å². The molecule has 1 aromatic carbocycles. The molecule has 0 spiro atoms. The molecular weight excluding hydrogens is 184 g/mol. The second kappa shape index (κ2) is 3.92. The van der Waals surface area contributed by atoms with E-state index in [0.29, 0.717) is 0 Å². The van der Waals surface area contributed by atoms with Crippen LogP contribution in [0.5, 0.6) is 0 Å². The molecule has 0 amide bonds. The first kappa shape index (κ1) is 9.55. The smallest absolute Gasteiger partial charge is 0.0646 e. The first-order chi connectivity index (χ1) is 5.61. The van der Waals surface area contributed by atoms with E-state index in [1.165, 1.54) is 0 Å². The van der Waals surface area contributed by atoms with Crippen LogP contribution in [0.1, 0.15) is 18.1 Å². The van der Waals surface area contributed by atoms with E-state index in [0.717, 1.165) is 21.3 Å². The highest BCUT2D eigenvalue weighted by Crippen LogP contribution is 2.20. The van der Waals surface area contributed by atoms with Crippen LogP contribution in [0.15, 0.2) is 23.4 Å². The third-order valence-corrected chi connectivity index (χ3v) is 2.24. The lowest BCUT2D eigenvalue weighted by Crippen LogP contribution is -1.82. The largest absolute Gasteiger partial charge is 0.0908 e. The summed E-state index contributed by atoms with van der Waals surface area (Å²) in [5, 5.41) is 1.91. The molecule has 0 bridgehead atoms. The molecule has 3 radical (unpaired) electrons. The zero-order chi connectivity index (χ0) is 9.14. The molecule has 0 aromatic heterocycles. The van der Waals surface area contributed by atoms with Crippen molar-refractivity contribution in [3.8, 4) is 0 Å². The van der Waals surface area contributed by atoms with Crippen LogP contribution in [0.2, 0.25) is 5.02 Å². The van der Waals surface area contributed by atoms with E-state index in [4.69, 9.17) is 11.6 Å². The van der Waals surface area contributed by atoms with Crippen molar-refractivity contribution in [1.29, 1.82) is 0 Å². The van der Waals surface area contributed by atoms with Crippen molar-refractivity contribution in [1.82, 2.24) is 0 Å². The van der Waals surface area contributed by atoms with Gasteiger partial charge < -0.3 is 0 Å². The first-order valence-corrected chi connectivity index (χ1v) is 4.64. The maximum atomic E-state index is 5.95. The van der Waals surface area contributed by atoms with E-state index >= 15 is 0 Å². The Morgan fingerprint density at radius 1 is 1.50 bits per heavy atom. The van der Waals surface area contributed by atoms with Gasteiger partial charge in [-0.1, -0.05) is 35.0 Å². The van der Waals surface area contributed by atoms with Crippen LogP contribution in [0.3, 0.4) is 0 Å². The number of benzene rings is 1. The minimum Gasteiger partial charge on any atom is -0.0908 e. The summed E-state index contributed by atoms with van der Waals surface area (Å²) in [4.78, 5) is 0. The predicted molar refractivity (Wildman–Crippen MR) is 55.6 cm³/mol.